The minimum absolute atomic E-state index is 0.0576. The molecule has 2 amide bonds. The quantitative estimate of drug-likeness (QED) is 0.831. The molecule has 0 bridgehead atoms. The summed E-state index contributed by atoms with van der Waals surface area (Å²) < 4.78 is 14.6. The van der Waals surface area contributed by atoms with E-state index in [1.807, 2.05) is 13.0 Å². The maximum absolute atomic E-state index is 14.6. The van der Waals surface area contributed by atoms with Crippen LogP contribution in [0, 0.1) is 12.7 Å². The number of carbonyl (C=O) groups is 1. The third kappa shape index (κ3) is 2.82. The Morgan fingerprint density at radius 1 is 1.23 bits per heavy atom. The fourth-order valence-corrected chi connectivity index (χ4v) is 3.86. The molecule has 6 nitrogen and oxygen atoms in total. The lowest BCUT2D eigenvalue weighted by Gasteiger charge is -2.42. The molecule has 1 fully saturated rings. The van der Waals surface area contributed by atoms with Gasteiger partial charge in [-0.1, -0.05) is 12.1 Å². The zero-order chi connectivity index (χ0) is 18.3. The summed E-state index contributed by atoms with van der Waals surface area (Å²) in [5.41, 5.74) is 1.92. The smallest absolute Gasteiger partial charge is 0.306 e. The second kappa shape index (κ2) is 6.64. The first-order valence-corrected chi connectivity index (χ1v) is 8.89. The van der Waals surface area contributed by atoms with Gasteiger partial charge in [-0.25, -0.2) is 19.2 Å². The summed E-state index contributed by atoms with van der Waals surface area (Å²) in [7, 11) is 2.08. The van der Waals surface area contributed by atoms with Gasteiger partial charge in [0.2, 0.25) is 0 Å². The van der Waals surface area contributed by atoms with E-state index in [2.05, 4.69) is 21.9 Å². The highest BCUT2D eigenvalue weighted by molar-refractivity contribution is 6.06. The molecule has 3 heterocycles. The van der Waals surface area contributed by atoms with Crippen LogP contribution in [0.2, 0.25) is 0 Å². The van der Waals surface area contributed by atoms with Crippen LogP contribution in [0.3, 0.4) is 0 Å². The molecule has 0 N–H and O–H groups in total. The number of likely N-dealkylation sites (tertiary alicyclic amines) is 1. The predicted octanol–water partition coefficient (Wildman–Crippen LogP) is 2.96. The van der Waals surface area contributed by atoms with Crippen LogP contribution in [0.1, 0.15) is 24.0 Å². The average Bonchev–Trinajstić information content (AvgIpc) is 2.63. The number of piperidine rings is 1. The van der Waals surface area contributed by atoms with E-state index in [0.717, 1.165) is 37.1 Å². The van der Waals surface area contributed by atoms with Crippen molar-refractivity contribution in [2.45, 2.75) is 32.4 Å². The molecule has 0 saturated carbocycles. The maximum atomic E-state index is 14.6. The molecule has 1 aromatic carbocycles. The molecule has 0 aliphatic carbocycles. The average molecular weight is 355 g/mol. The number of aromatic nitrogens is 2. The highest BCUT2D eigenvalue weighted by Crippen LogP contribution is 2.35. The number of amides is 2. The summed E-state index contributed by atoms with van der Waals surface area (Å²) in [6, 6.07) is 4.73. The van der Waals surface area contributed by atoms with Crippen molar-refractivity contribution in [1.82, 2.24) is 14.9 Å². The number of rotatable bonds is 2. The highest BCUT2D eigenvalue weighted by atomic mass is 19.1. The topological polar surface area (TPSA) is 52.6 Å². The third-order valence-electron chi connectivity index (χ3n) is 5.27. The molecule has 0 atom stereocenters. The molecule has 0 spiro atoms. The first kappa shape index (κ1) is 16.9. The van der Waals surface area contributed by atoms with Crippen molar-refractivity contribution in [3.05, 3.63) is 47.7 Å². The van der Waals surface area contributed by atoms with E-state index in [-0.39, 0.29) is 24.4 Å². The number of hydrogen-bond acceptors (Lipinski definition) is 4. The van der Waals surface area contributed by atoms with Gasteiger partial charge in [-0.3, -0.25) is 9.80 Å². The maximum Gasteiger partial charge on any atom is 0.330 e. The predicted molar refractivity (Wildman–Crippen MR) is 97.7 cm³/mol. The second-order valence-corrected chi connectivity index (χ2v) is 7.05. The van der Waals surface area contributed by atoms with Crippen molar-refractivity contribution in [3.8, 4) is 0 Å². The van der Waals surface area contributed by atoms with Crippen molar-refractivity contribution in [2.24, 2.45) is 0 Å². The normalized spacial score (nSPS) is 19.0. The summed E-state index contributed by atoms with van der Waals surface area (Å²) in [6.45, 7) is 3.95. The number of halogens is 1. The standard InChI is InChI=1S/C19H22FN5O/c1-13-4-3-5-16(20)17(13)24-11-14-10-21-12-22-18(14)25(19(24)26)15-6-8-23(2)9-7-15/h3-5,10,12,15H,6-9,11H2,1-2H3. The third-order valence-corrected chi connectivity index (χ3v) is 5.27. The minimum atomic E-state index is -0.387. The summed E-state index contributed by atoms with van der Waals surface area (Å²) in [4.78, 5) is 27.4. The van der Waals surface area contributed by atoms with E-state index in [0.29, 0.717) is 11.5 Å². The molecule has 2 aromatic rings. The molecule has 2 aliphatic rings. The van der Waals surface area contributed by atoms with Gasteiger partial charge in [0.05, 0.1) is 12.2 Å². The monoisotopic (exact) mass is 355 g/mol. The summed E-state index contributed by atoms with van der Waals surface area (Å²) in [6.07, 6.45) is 4.93. The van der Waals surface area contributed by atoms with Gasteiger partial charge in [0.1, 0.15) is 18.0 Å². The number of fused-ring (bicyclic) bond motifs is 1. The van der Waals surface area contributed by atoms with E-state index in [4.69, 9.17) is 0 Å². The fourth-order valence-electron chi connectivity index (χ4n) is 3.86. The second-order valence-electron chi connectivity index (χ2n) is 7.05. The van der Waals surface area contributed by atoms with Crippen LogP contribution in [0.4, 0.5) is 20.7 Å². The van der Waals surface area contributed by atoms with Crippen molar-refractivity contribution in [2.75, 3.05) is 29.9 Å². The molecule has 1 aromatic heterocycles. The number of para-hydroxylation sites is 1. The SMILES string of the molecule is Cc1cccc(F)c1N1Cc2cncnc2N(C2CCN(C)CC2)C1=O. The van der Waals surface area contributed by atoms with Crippen LogP contribution in [0.15, 0.2) is 30.7 Å². The van der Waals surface area contributed by atoms with Gasteiger partial charge in [0, 0.05) is 17.8 Å². The zero-order valence-electron chi connectivity index (χ0n) is 15.0. The molecular weight excluding hydrogens is 333 g/mol. The van der Waals surface area contributed by atoms with Gasteiger partial charge in [-0.2, -0.15) is 0 Å². The fraction of sp³-hybridized carbons (Fsp3) is 0.421. The van der Waals surface area contributed by atoms with Gasteiger partial charge >= 0.3 is 6.03 Å². The number of nitrogens with zero attached hydrogens (tertiary/aromatic N) is 5. The van der Waals surface area contributed by atoms with E-state index >= 15 is 0 Å². The van der Waals surface area contributed by atoms with E-state index in [1.54, 1.807) is 17.2 Å². The largest absolute Gasteiger partial charge is 0.330 e. The van der Waals surface area contributed by atoms with Gasteiger partial charge in [-0.15, -0.1) is 0 Å². The van der Waals surface area contributed by atoms with Crippen LogP contribution < -0.4 is 9.80 Å². The molecule has 26 heavy (non-hydrogen) atoms. The van der Waals surface area contributed by atoms with Crippen LogP contribution in [-0.2, 0) is 6.54 Å². The number of hydrogen-bond donors (Lipinski definition) is 0. The van der Waals surface area contributed by atoms with Crippen molar-refractivity contribution in [3.63, 3.8) is 0 Å². The van der Waals surface area contributed by atoms with Gasteiger partial charge in [0.25, 0.3) is 0 Å². The number of anilines is 2. The Labute approximate surface area is 152 Å². The van der Waals surface area contributed by atoms with E-state index < -0.39 is 0 Å². The van der Waals surface area contributed by atoms with E-state index in [9.17, 15) is 9.18 Å². The van der Waals surface area contributed by atoms with Gasteiger partial charge in [0.15, 0.2) is 0 Å². The Kier molecular flexibility index (Phi) is 4.32. The van der Waals surface area contributed by atoms with Crippen LogP contribution in [0.5, 0.6) is 0 Å². The molecule has 1 saturated heterocycles. The van der Waals surface area contributed by atoms with Crippen LogP contribution >= 0.6 is 0 Å². The molecule has 2 aliphatic heterocycles. The first-order valence-electron chi connectivity index (χ1n) is 8.89. The van der Waals surface area contributed by atoms with Gasteiger partial charge in [-0.05, 0) is 51.5 Å². The van der Waals surface area contributed by atoms with Crippen molar-refractivity contribution >= 4 is 17.5 Å². The summed E-state index contributed by atoms with van der Waals surface area (Å²) >= 11 is 0. The first-order chi connectivity index (χ1) is 12.6. The lowest BCUT2D eigenvalue weighted by Crippen LogP contribution is -2.55. The number of benzene rings is 1. The van der Waals surface area contributed by atoms with Crippen molar-refractivity contribution in [1.29, 1.82) is 0 Å². The van der Waals surface area contributed by atoms with Crippen LogP contribution in [0.25, 0.3) is 0 Å². The molecule has 0 radical (unpaired) electrons. The highest BCUT2D eigenvalue weighted by Gasteiger charge is 2.39. The Hall–Kier alpha value is -2.54. The molecule has 7 heteroatoms. The van der Waals surface area contributed by atoms with Crippen LogP contribution in [-0.4, -0.2) is 47.1 Å². The minimum Gasteiger partial charge on any atom is -0.306 e. The molecule has 4 rings (SSSR count). The Balaban J connectivity index is 1.77. The zero-order valence-corrected chi connectivity index (χ0v) is 15.0. The molecule has 0 unspecified atom stereocenters. The number of urea groups is 1. The Bertz CT molecular complexity index is 814. The van der Waals surface area contributed by atoms with Crippen molar-refractivity contribution < 1.29 is 9.18 Å². The summed E-state index contributed by atoms with van der Waals surface area (Å²) in [5, 5.41) is 0. The van der Waals surface area contributed by atoms with E-state index in [1.165, 1.54) is 17.3 Å². The molecule has 136 valence electrons. The Morgan fingerprint density at radius 2 is 2.00 bits per heavy atom. The van der Waals surface area contributed by atoms with Gasteiger partial charge < -0.3 is 4.90 Å². The molecular formula is C19H22FN5O. The number of carbonyl (C=O) groups excluding carboxylic acids is 1. The number of aryl methyl sites for hydroxylation is 1. The lowest BCUT2D eigenvalue weighted by atomic mass is 10.0. The summed E-state index contributed by atoms with van der Waals surface area (Å²) in [5.74, 6) is 0.270. The Morgan fingerprint density at radius 3 is 2.73 bits per heavy atom. The lowest BCUT2D eigenvalue weighted by molar-refractivity contribution is 0.228.